The molecule has 0 bridgehead atoms. The first-order valence-electron chi connectivity index (χ1n) is 12.3. The molecular formula is C26H33ClN4O5S. The molecule has 200 valence electrons. The summed E-state index contributed by atoms with van der Waals surface area (Å²) in [4.78, 5) is 52.1. The van der Waals surface area contributed by atoms with Gasteiger partial charge in [-0.2, -0.15) is 0 Å². The Morgan fingerprint density at radius 1 is 1.05 bits per heavy atom. The Bertz CT molecular complexity index is 1120. The third kappa shape index (κ3) is 9.14. The van der Waals surface area contributed by atoms with Gasteiger partial charge in [-0.1, -0.05) is 17.7 Å². The number of ether oxygens (including phenoxy) is 1. The van der Waals surface area contributed by atoms with Crippen LogP contribution in [0.5, 0.6) is 0 Å². The molecule has 37 heavy (non-hydrogen) atoms. The van der Waals surface area contributed by atoms with Crippen LogP contribution in [-0.4, -0.2) is 68.4 Å². The van der Waals surface area contributed by atoms with E-state index in [9.17, 15) is 19.2 Å². The zero-order valence-corrected chi connectivity index (χ0v) is 22.7. The van der Waals surface area contributed by atoms with Crippen molar-refractivity contribution in [3.05, 3.63) is 50.7 Å². The molecule has 0 radical (unpaired) electrons. The van der Waals surface area contributed by atoms with E-state index in [2.05, 4.69) is 32.6 Å². The minimum absolute atomic E-state index is 0.0811. The number of hydrogen-bond donors (Lipinski definition) is 3. The predicted octanol–water partition coefficient (Wildman–Crippen LogP) is 3.02. The van der Waals surface area contributed by atoms with Crippen LogP contribution in [-0.2, 0) is 32.0 Å². The number of fused-ring (bicyclic) bond motifs is 1. The van der Waals surface area contributed by atoms with Crippen molar-refractivity contribution < 1.29 is 23.9 Å². The monoisotopic (exact) mass is 548 g/mol. The lowest BCUT2D eigenvalue weighted by molar-refractivity contribution is -0.140. The third-order valence-corrected chi connectivity index (χ3v) is 7.41. The van der Waals surface area contributed by atoms with Crippen molar-refractivity contribution in [1.82, 2.24) is 15.5 Å². The minimum atomic E-state index is -1.00. The topological polar surface area (TPSA) is 117 Å². The molecule has 1 atom stereocenters. The maximum atomic E-state index is 13.2. The van der Waals surface area contributed by atoms with Gasteiger partial charge in [0.1, 0.15) is 6.04 Å². The Balaban J connectivity index is 1.62. The Morgan fingerprint density at radius 2 is 1.78 bits per heavy atom. The van der Waals surface area contributed by atoms with Gasteiger partial charge in [0.15, 0.2) is 0 Å². The Kier molecular flexibility index (Phi) is 10.9. The van der Waals surface area contributed by atoms with Gasteiger partial charge in [0, 0.05) is 38.2 Å². The van der Waals surface area contributed by atoms with Gasteiger partial charge >= 0.3 is 5.97 Å². The molecule has 9 nitrogen and oxygen atoms in total. The summed E-state index contributed by atoms with van der Waals surface area (Å²) < 4.78 is 5.05. The number of thiophene rings is 1. The van der Waals surface area contributed by atoms with Crippen molar-refractivity contribution in [1.29, 1.82) is 0 Å². The zero-order chi connectivity index (χ0) is 26.8. The summed E-state index contributed by atoms with van der Waals surface area (Å²) in [5.74, 6) is -1.48. The highest BCUT2D eigenvalue weighted by atomic mass is 35.5. The van der Waals surface area contributed by atoms with Crippen LogP contribution >= 0.6 is 22.9 Å². The normalized spacial score (nSPS) is 14.1. The quantitative estimate of drug-likeness (QED) is 0.293. The van der Waals surface area contributed by atoms with Crippen LogP contribution in [0, 0.1) is 0 Å². The van der Waals surface area contributed by atoms with Gasteiger partial charge < -0.3 is 25.6 Å². The summed E-state index contributed by atoms with van der Waals surface area (Å²) in [7, 11) is 3.42. The standard InChI is InChI=1S/C26H33ClN4O5S/c1-31-13-11-17-7-8-19(15-18(17)12-14-31)29-25(34)20(30-26(35)21-9-10-22(27)37-21)16-28-23(32)5-3-4-6-24(33)36-2/h7-10,15,20H,3-6,11-14,16H2,1-2H3,(H,28,32)(H,29,34)(H,30,35)/t20-/m1/s1. The van der Waals surface area contributed by atoms with E-state index >= 15 is 0 Å². The molecule has 11 heteroatoms. The first-order valence-corrected chi connectivity index (χ1v) is 13.5. The number of anilines is 1. The maximum absolute atomic E-state index is 13.2. The van der Waals surface area contributed by atoms with E-state index < -0.39 is 17.9 Å². The summed E-state index contributed by atoms with van der Waals surface area (Å²) in [6, 6.07) is 8.06. The van der Waals surface area contributed by atoms with E-state index in [4.69, 9.17) is 11.6 Å². The molecule has 3 amide bonds. The van der Waals surface area contributed by atoms with Gasteiger partial charge in [-0.3, -0.25) is 19.2 Å². The highest BCUT2D eigenvalue weighted by molar-refractivity contribution is 7.18. The van der Waals surface area contributed by atoms with E-state index in [0.29, 0.717) is 27.7 Å². The fourth-order valence-corrected chi connectivity index (χ4v) is 4.93. The SMILES string of the molecule is COC(=O)CCCCC(=O)NC[C@@H](NC(=O)c1ccc(Cl)s1)C(=O)Nc1ccc2c(c1)CCN(C)CC2. The van der Waals surface area contributed by atoms with E-state index in [1.54, 1.807) is 12.1 Å². The number of amides is 3. The molecule has 2 aromatic rings. The second-order valence-corrected chi connectivity index (χ2v) is 10.7. The van der Waals surface area contributed by atoms with E-state index in [-0.39, 0.29) is 31.3 Å². The number of esters is 1. The van der Waals surface area contributed by atoms with Crippen molar-refractivity contribution in [3.8, 4) is 0 Å². The van der Waals surface area contributed by atoms with Gasteiger partial charge in [-0.25, -0.2) is 0 Å². The van der Waals surface area contributed by atoms with E-state index in [1.165, 1.54) is 18.2 Å². The second-order valence-electron chi connectivity index (χ2n) is 8.99. The van der Waals surface area contributed by atoms with Crippen LogP contribution in [0.4, 0.5) is 5.69 Å². The third-order valence-electron chi connectivity index (χ3n) is 6.18. The number of methoxy groups -OCH3 is 1. The van der Waals surface area contributed by atoms with Crippen molar-refractivity contribution in [2.75, 3.05) is 39.1 Å². The van der Waals surface area contributed by atoms with Crippen molar-refractivity contribution in [3.63, 3.8) is 0 Å². The summed E-state index contributed by atoms with van der Waals surface area (Å²) in [5, 5.41) is 8.31. The van der Waals surface area contributed by atoms with Crippen molar-refractivity contribution >= 4 is 52.3 Å². The number of nitrogens with one attached hydrogen (secondary N) is 3. The lowest BCUT2D eigenvalue weighted by atomic mass is 10.0. The van der Waals surface area contributed by atoms with Crippen LogP contribution in [0.2, 0.25) is 4.34 Å². The van der Waals surface area contributed by atoms with Crippen LogP contribution in [0.3, 0.4) is 0 Å². The average molecular weight is 549 g/mol. The molecule has 1 aromatic carbocycles. The first-order chi connectivity index (χ1) is 17.7. The molecule has 0 saturated heterocycles. The first kappa shape index (κ1) is 28.6. The number of benzene rings is 1. The number of carbonyl (C=O) groups is 4. The number of carbonyl (C=O) groups excluding carboxylic acids is 4. The molecule has 0 unspecified atom stereocenters. The van der Waals surface area contributed by atoms with Crippen LogP contribution in [0.25, 0.3) is 0 Å². The Labute approximate surface area is 225 Å². The second kappa shape index (κ2) is 14.1. The fraction of sp³-hybridized carbons (Fsp3) is 0.462. The molecular weight excluding hydrogens is 516 g/mol. The fourth-order valence-electron chi connectivity index (χ4n) is 3.98. The summed E-state index contributed by atoms with van der Waals surface area (Å²) in [5.41, 5.74) is 3.10. The highest BCUT2D eigenvalue weighted by Gasteiger charge is 2.24. The zero-order valence-electron chi connectivity index (χ0n) is 21.1. The lowest BCUT2D eigenvalue weighted by Gasteiger charge is -2.19. The summed E-state index contributed by atoms with van der Waals surface area (Å²) in [6.45, 7) is 1.85. The molecule has 1 aliphatic heterocycles. The van der Waals surface area contributed by atoms with Crippen molar-refractivity contribution in [2.45, 2.75) is 44.6 Å². The smallest absolute Gasteiger partial charge is 0.305 e. The van der Waals surface area contributed by atoms with E-state index in [0.717, 1.165) is 37.3 Å². The van der Waals surface area contributed by atoms with E-state index in [1.807, 2.05) is 18.2 Å². The molecule has 0 spiro atoms. The lowest BCUT2D eigenvalue weighted by Crippen LogP contribution is -2.50. The Hall–Kier alpha value is -2.95. The minimum Gasteiger partial charge on any atom is -0.469 e. The Morgan fingerprint density at radius 3 is 2.49 bits per heavy atom. The summed E-state index contributed by atoms with van der Waals surface area (Å²) in [6.07, 6.45) is 3.30. The number of nitrogens with zero attached hydrogens (tertiary/aromatic N) is 1. The molecule has 0 fully saturated rings. The molecule has 2 heterocycles. The summed E-state index contributed by atoms with van der Waals surface area (Å²) >= 11 is 7.06. The number of halogens is 1. The van der Waals surface area contributed by atoms with Gasteiger partial charge in [0.25, 0.3) is 5.91 Å². The van der Waals surface area contributed by atoms with Gasteiger partial charge in [-0.05, 0) is 68.1 Å². The molecule has 3 N–H and O–H groups in total. The molecule has 0 saturated carbocycles. The van der Waals surface area contributed by atoms with Gasteiger partial charge in [0.05, 0.1) is 16.3 Å². The molecule has 3 rings (SSSR count). The maximum Gasteiger partial charge on any atom is 0.305 e. The van der Waals surface area contributed by atoms with Crippen LogP contribution in [0.1, 0.15) is 46.5 Å². The van der Waals surface area contributed by atoms with Gasteiger partial charge in [-0.15, -0.1) is 11.3 Å². The average Bonchev–Trinajstić information content (AvgIpc) is 3.24. The number of hydrogen-bond acceptors (Lipinski definition) is 7. The highest BCUT2D eigenvalue weighted by Crippen LogP contribution is 2.22. The molecule has 1 aliphatic rings. The number of unbranched alkanes of at least 4 members (excludes halogenated alkanes) is 1. The van der Waals surface area contributed by atoms with Crippen LogP contribution in [0.15, 0.2) is 30.3 Å². The van der Waals surface area contributed by atoms with Gasteiger partial charge in [0.2, 0.25) is 11.8 Å². The molecule has 1 aromatic heterocycles. The predicted molar refractivity (Wildman–Crippen MR) is 144 cm³/mol. The van der Waals surface area contributed by atoms with Crippen LogP contribution < -0.4 is 16.0 Å². The molecule has 0 aliphatic carbocycles. The largest absolute Gasteiger partial charge is 0.469 e. The number of rotatable bonds is 11. The van der Waals surface area contributed by atoms with Crippen molar-refractivity contribution in [2.24, 2.45) is 0 Å². The number of likely N-dealkylation sites (N-methyl/N-ethyl adjacent to an activating group) is 1.